The van der Waals surface area contributed by atoms with Crippen molar-refractivity contribution in [1.82, 2.24) is 24.5 Å². The van der Waals surface area contributed by atoms with E-state index < -0.39 is 36.7 Å². The Bertz CT molecular complexity index is 1020. The van der Waals surface area contributed by atoms with E-state index in [2.05, 4.69) is 20.5 Å². The Labute approximate surface area is 171 Å². The molecule has 154 valence electrons. The Balaban J connectivity index is 1.65. The third-order valence-corrected chi connectivity index (χ3v) is 4.43. The van der Waals surface area contributed by atoms with Gasteiger partial charge in [0.2, 0.25) is 11.9 Å². The summed E-state index contributed by atoms with van der Waals surface area (Å²) in [6.45, 7) is -0.417. The maximum atomic E-state index is 13.0. The second-order valence-corrected chi connectivity index (χ2v) is 6.63. The molecule has 0 fully saturated rings. The van der Waals surface area contributed by atoms with Crippen LogP contribution in [0.25, 0.3) is 0 Å². The topological polar surface area (TPSA) is 77.6 Å². The molecule has 0 saturated heterocycles. The standard InChI is InChI=1S/C16H12Cl2F4N6O/c17-9-2-1-8(3-10(9)18)5-27-7-23-16(26-27)24-13(29)6-28-12(15(21)22)4-11(25-28)14(19)20/h1-4,7,14-15H,5-6H2,(H,24,26,29). The summed E-state index contributed by atoms with van der Waals surface area (Å²) in [5, 5.41) is 10.4. The molecular weight excluding hydrogens is 439 g/mol. The van der Waals surface area contributed by atoms with E-state index in [1.165, 1.54) is 11.0 Å². The second-order valence-electron chi connectivity index (χ2n) is 5.82. The molecule has 2 heterocycles. The predicted molar refractivity (Wildman–Crippen MR) is 96.4 cm³/mol. The summed E-state index contributed by atoms with van der Waals surface area (Å²) in [6, 6.07) is 5.57. The summed E-state index contributed by atoms with van der Waals surface area (Å²) < 4.78 is 53.2. The van der Waals surface area contributed by atoms with Gasteiger partial charge in [0.1, 0.15) is 24.3 Å². The number of hydrogen-bond donors (Lipinski definition) is 1. The van der Waals surface area contributed by atoms with Crippen LogP contribution in [0, 0.1) is 0 Å². The van der Waals surface area contributed by atoms with Gasteiger partial charge < -0.3 is 0 Å². The van der Waals surface area contributed by atoms with Crippen molar-refractivity contribution >= 4 is 35.1 Å². The van der Waals surface area contributed by atoms with Crippen molar-refractivity contribution in [3.8, 4) is 0 Å². The number of nitrogens with one attached hydrogen (secondary N) is 1. The smallest absolute Gasteiger partial charge is 0.282 e. The summed E-state index contributed by atoms with van der Waals surface area (Å²) in [5.41, 5.74) is -0.842. The van der Waals surface area contributed by atoms with Crippen LogP contribution in [0.1, 0.15) is 29.8 Å². The fraction of sp³-hybridized carbons (Fsp3) is 0.250. The summed E-state index contributed by atoms with van der Waals surface area (Å²) >= 11 is 11.8. The van der Waals surface area contributed by atoms with E-state index in [0.29, 0.717) is 20.8 Å². The average molecular weight is 451 g/mol. The Hall–Kier alpha value is -2.66. The Kier molecular flexibility index (Phi) is 6.38. The van der Waals surface area contributed by atoms with Crippen molar-refractivity contribution in [2.45, 2.75) is 25.9 Å². The zero-order valence-corrected chi connectivity index (χ0v) is 15.9. The fourth-order valence-corrected chi connectivity index (χ4v) is 2.74. The zero-order valence-electron chi connectivity index (χ0n) is 14.4. The van der Waals surface area contributed by atoms with E-state index in [1.807, 2.05) is 0 Å². The molecule has 0 unspecified atom stereocenters. The molecule has 0 aliphatic carbocycles. The molecule has 29 heavy (non-hydrogen) atoms. The van der Waals surface area contributed by atoms with E-state index in [9.17, 15) is 22.4 Å². The number of benzene rings is 1. The molecular formula is C16H12Cl2F4N6O. The molecule has 0 spiro atoms. The lowest BCUT2D eigenvalue weighted by molar-refractivity contribution is -0.117. The van der Waals surface area contributed by atoms with Crippen LogP contribution < -0.4 is 5.32 Å². The van der Waals surface area contributed by atoms with E-state index in [0.717, 1.165) is 5.56 Å². The third kappa shape index (κ3) is 5.24. The predicted octanol–water partition coefficient (Wildman–Crippen LogP) is 4.34. The Morgan fingerprint density at radius 3 is 2.48 bits per heavy atom. The molecule has 0 aliphatic heterocycles. The minimum Gasteiger partial charge on any atom is -0.292 e. The number of alkyl halides is 4. The average Bonchev–Trinajstić information content (AvgIpc) is 3.25. The highest BCUT2D eigenvalue weighted by Gasteiger charge is 2.22. The maximum absolute atomic E-state index is 13.0. The van der Waals surface area contributed by atoms with Crippen LogP contribution in [0.4, 0.5) is 23.5 Å². The molecule has 3 aromatic rings. The van der Waals surface area contributed by atoms with Gasteiger partial charge in [0, 0.05) is 0 Å². The van der Waals surface area contributed by atoms with Crippen molar-refractivity contribution in [3.05, 3.63) is 57.6 Å². The van der Waals surface area contributed by atoms with E-state index in [4.69, 9.17) is 23.2 Å². The van der Waals surface area contributed by atoms with Gasteiger partial charge in [-0.1, -0.05) is 29.3 Å². The molecule has 1 N–H and O–H groups in total. The largest absolute Gasteiger partial charge is 0.292 e. The first kappa shape index (κ1) is 21.1. The molecule has 13 heteroatoms. The molecule has 0 aliphatic rings. The molecule has 7 nitrogen and oxygen atoms in total. The number of amides is 1. The van der Waals surface area contributed by atoms with Crippen molar-refractivity contribution in [2.75, 3.05) is 5.32 Å². The monoisotopic (exact) mass is 450 g/mol. The van der Waals surface area contributed by atoms with Crippen molar-refractivity contribution in [1.29, 1.82) is 0 Å². The van der Waals surface area contributed by atoms with Gasteiger partial charge in [-0.25, -0.2) is 27.2 Å². The molecule has 1 aromatic carbocycles. The normalized spacial score (nSPS) is 11.4. The fourth-order valence-electron chi connectivity index (χ4n) is 2.41. The lowest BCUT2D eigenvalue weighted by Crippen LogP contribution is -2.22. The van der Waals surface area contributed by atoms with Crippen LogP contribution in [0.15, 0.2) is 30.6 Å². The van der Waals surface area contributed by atoms with E-state index >= 15 is 0 Å². The van der Waals surface area contributed by atoms with Crippen LogP contribution in [0.2, 0.25) is 10.0 Å². The minimum atomic E-state index is -3.06. The number of hydrogen-bond acceptors (Lipinski definition) is 4. The minimum absolute atomic E-state index is 0.0881. The SMILES string of the molecule is O=C(Cn1nc(C(F)F)cc1C(F)F)Nc1ncn(Cc2ccc(Cl)c(Cl)c2)n1. The van der Waals surface area contributed by atoms with Crippen LogP contribution in [-0.2, 0) is 17.9 Å². The number of carbonyl (C=O) groups excluding carboxylic acids is 1. The van der Waals surface area contributed by atoms with Crippen LogP contribution >= 0.6 is 23.2 Å². The Morgan fingerprint density at radius 1 is 1.07 bits per heavy atom. The van der Waals surface area contributed by atoms with Crippen LogP contribution in [-0.4, -0.2) is 30.5 Å². The number of nitrogens with zero attached hydrogens (tertiary/aromatic N) is 5. The van der Waals surface area contributed by atoms with Gasteiger partial charge in [-0.2, -0.15) is 5.10 Å². The molecule has 2 aromatic heterocycles. The maximum Gasteiger partial charge on any atom is 0.282 e. The van der Waals surface area contributed by atoms with Gasteiger partial charge in [-0.05, 0) is 23.8 Å². The summed E-state index contributed by atoms with van der Waals surface area (Å²) in [4.78, 5) is 15.9. The first-order valence-corrected chi connectivity index (χ1v) is 8.75. The highest BCUT2D eigenvalue weighted by molar-refractivity contribution is 6.42. The summed E-state index contributed by atoms with van der Waals surface area (Å²) in [7, 11) is 0. The van der Waals surface area contributed by atoms with Crippen LogP contribution in [0.5, 0.6) is 0 Å². The van der Waals surface area contributed by atoms with Gasteiger partial charge in [-0.3, -0.25) is 14.8 Å². The summed E-state index contributed by atoms with van der Waals surface area (Å²) in [6.07, 6.45) is -4.76. The quantitative estimate of drug-likeness (QED) is 0.543. The highest BCUT2D eigenvalue weighted by Crippen LogP contribution is 2.25. The molecule has 0 saturated carbocycles. The number of anilines is 1. The van der Waals surface area contributed by atoms with E-state index in [-0.39, 0.29) is 12.5 Å². The lowest BCUT2D eigenvalue weighted by atomic mass is 10.2. The number of halogens is 6. The number of aromatic nitrogens is 5. The van der Waals surface area contributed by atoms with Gasteiger partial charge in [-0.15, -0.1) is 5.10 Å². The summed E-state index contributed by atoms with van der Waals surface area (Å²) in [5.74, 6) is -0.891. The molecule has 0 radical (unpaired) electrons. The van der Waals surface area contributed by atoms with Gasteiger partial charge in [0.05, 0.1) is 16.6 Å². The molecule has 0 atom stereocenters. The third-order valence-electron chi connectivity index (χ3n) is 3.69. The first-order valence-electron chi connectivity index (χ1n) is 8.00. The number of rotatable bonds is 7. The zero-order chi connectivity index (χ0) is 21.1. The van der Waals surface area contributed by atoms with Crippen molar-refractivity contribution in [3.63, 3.8) is 0 Å². The highest BCUT2D eigenvalue weighted by atomic mass is 35.5. The Morgan fingerprint density at radius 2 is 1.83 bits per heavy atom. The molecule has 0 bridgehead atoms. The van der Waals surface area contributed by atoms with E-state index in [1.54, 1.807) is 18.2 Å². The van der Waals surface area contributed by atoms with Gasteiger partial charge >= 0.3 is 0 Å². The molecule has 1 amide bonds. The van der Waals surface area contributed by atoms with Crippen molar-refractivity contribution in [2.24, 2.45) is 0 Å². The lowest BCUT2D eigenvalue weighted by Gasteiger charge is -2.06. The van der Waals surface area contributed by atoms with Crippen LogP contribution in [0.3, 0.4) is 0 Å². The van der Waals surface area contributed by atoms with Gasteiger partial charge in [0.25, 0.3) is 12.9 Å². The first-order chi connectivity index (χ1) is 13.7. The van der Waals surface area contributed by atoms with Crippen molar-refractivity contribution < 1.29 is 22.4 Å². The molecule has 3 rings (SSSR count). The second kappa shape index (κ2) is 8.78. The number of carbonyl (C=O) groups is 1. The van der Waals surface area contributed by atoms with Gasteiger partial charge in [0.15, 0.2) is 0 Å².